The van der Waals surface area contributed by atoms with Gasteiger partial charge in [-0.25, -0.2) is 4.68 Å². The van der Waals surface area contributed by atoms with Crippen LogP contribution in [0.25, 0.3) is 0 Å². The van der Waals surface area contributed by atoms with Crippen LogP contribution in [0, 0.1) is 0 Å². The van der Waals surface area contributed by atoms with Crippen molar-refractivity contribution in [1.29, 1.82) is 0 Å². The third-order valence-electron chi connectivity index (χ3n) is 2.61. The molecule has 0 bridgehead atoms. The SMILES string of the molecule is CC(C)n1ncc(NCCC(=O)NC(C)(C)C)c(Br)c1=O. The number of rotatable bonds is 5. The monoisotopic (exact) mass is 358 g/mol. The molecule has 1 aromatic rings. The van der Waals surface area contributed by atoms with Crippen molar-refractivity contribution in [1.82, 2.24) is 15.1 Å². The number of carbonyl (C=O) groups is 1. The van der Waals surface area contributed by atoms with Gasteiger partial charge in [-0.1, -0.05) is 0 Å². The van der Waals surface area contributed by atoms with E-state index in [4.69, 9.17) is 0 Å². The smallest absolute Gasteiger partial charge is 0.283 e. The molecule has 0 aliphatic heterocycles. The molecule has 2 N–H and O–H groups in total. The Morgan fingerprint density at radius 1 is 1.43 bits per heavy atom. The van der Waals surface area contributed by atoms with Gasteiger partial charge in [0, 0.05) is 18.5 Å². The van der Waals surface area contributed by atoms with E-state index in [0.717, 1.165) is 0 Å². The predicted octanol–water partition coefficient (Wildman–Crippen LogP) is 2.30. The van der Waals surface area contributed by atoms with Gasteiger partial charge in [-0.3, -0.25) is 9.59 Å². The van der Waals surface area contributed by atoms with E-state index in [1.807, 2.05) is 34.6 Å². The van der Waals surface area contributed by atoms with Crippen molar-refractivity contribution in [2.24, 2.45) is 0 Å². The molecule has 6 nitrogen and oxygen atoms in total. The van der Waals surface area contributed by atoms with E-state index >= 15 is 0 Å². The van der Waals surface area contributed by atoms with Gasteiger partial charge in [0.15, 0.2) is 0 Å². The number of carbonyl (C=O) groups excluding carboxylic acids is 1. The molecule has 7 heteroatoms. The van der Waals surface area contributed by atoms with Crippen LogP contribution in [-0.2, 0) is 4.79 Å². The molecule has 21 heavy (non-hydrogen) atoms. The first kappa shape index (κ1) is 17.7. The summed E-state index contributed by atoms with van der Waals surface area (Å²) in [4.78, 5) is 23.7. The van der Waals surface area contributed by atoms with Crippen molar-refractivity contribution in [3.63, 3.8) is 0 Å². The van der Waals surface area contributed by atoms with Crippen molar-refractivity contribution < 1.29 is 4.79 Å². The fraction of sp³-hybridized carbons (Fsp3) is 0.643. The Hall–Kier alpha value is -1.37. The molecule has 0 aromatic carbocycles. The Morgan fingerprint density at radius 3 is 2.57 bits per heavy atom. The topological polar surface area (TPSA) is 76.0 Å². The minimum atomic E-state index is -0.239. The second kappa shape index (κ2) is 7.06. The van der Waals surface area contributed by atoms with Crippen LogP contribution in [0.15, 0.2) is 15.5 Å². The Morgan fingerprint density at radius 2 is 2.05 bits per heavy atom. The second-order valence-corrected chi connectivity index (χ2v) is 6.98. The lowest BCUT2D eigenvalue weighted by Gasteiger charge is -2.20. The van der Waals surface area contributed by atoms with Crippen LogP contribution < -0.4 is 16.2 Å². The predicted molar refractivity (Wildman–Crippen MR) is 87.6 cm³/mol. The molecule has 1 heterocycles. The van der Waals surface area contributed by atoms with Crippen molar-refractivity contribution in [3.05, 3.63) is 21.0 Å². The van der Waals surface area contributed by atoms with Crippen molar-refractivity contribution >= 4 is 27.5 Å². The van der Waals surface area contributed by atoms with E-state index in [9.17, 15) is 9.59 Å². The van der Waals surface area contributed by atoms with Crippen LogP contribution in [0.4, 0.5) is 5.69 Å². The maximum atomic E-state index is 12.0. The van der Waals surface area contributed by atoms with E-state index in [2.05, 4.69) is 31.7 Å². The van der Waals surface area contributed by atoms with Crippen LogP contribution in [0.5, 0.6) is 0 Å². The fourth-order valence-electron chi connectivity index (χ4n) is 1.73. The first-order chi connectivity index (χ1) is 9.61. The average Bonchev–Trinajstić information content (AvgIpc) is 2.31. The normalized spacial score (nSPS) is 11.6. The first-order valence-corrected chi connectivity index (χ1v) is 7.73. The highest BCUT2D eigenvalue weighted by molar-refractivity contribution is 9.10. The molecule has 1 aromatic heterocycles. The van der Waals surface area contributed by atoms with Crippen LogP contribution in [0.1, 0.15) is 47.1 Å². The summed E-state index contributed by atoms with van der Waals surface area (Å²) in [5, 5.41) is 10.0. The molecule has 1 amide bonds. The summed E-state index contributed by atoms with van der Waals surface area (Å²) in [5.41, 5.74) is 0.173. The molecule has 0 aliphatic rings. The molecule has 0 atom stereocenters. The summed E-state index contributed by atoms with van der Waals surface area (Å²) in [6.45, 7) is 10.0. The van der Waals surface area contributed by atoms with Crippen LogP contribution in [0.3, 0.4) is 0 Å². The second-order valence-electron chi connectivity index (χ2n) is 6.19. The molecule has 1 rings (SSSR count). The number of nitrogens with one attached hydrogen (secondary N) is 2. The van der Waals surface area contributed by atoms with Gasteiger partial charge in [-0.05, 0) is 50.5 Å². The van der Waals surface area contributed by atoms with Gasteiger partial charge in [0.2, 0.25) is 5.91 Å². The number of hydrogen-bond acceptors (Lipinski definition) is 4. The lowest BCUT2D eigenvalue weighted by molar-refractivity contribution is -0.122. The standard InChI is InChI=1S/C14H23BrN4O2/c1-9(2)19-13(21)12(15)10(8-17-19)16-7-6-11(20)18-14(3,4)5/h8-9,16H,6-7H2,1-5H3,(H,18,20). The summed E-state index contributed by atoms with van der Waals surface area (Å²) < 4.78 is 1.84. The Bertz CT molecular complexity index is 561. The van der Waals surface area contributed by atoms with Gasteiger partial charge in [0.25, 0.3) is 5.56 Å². The van der Waals surface area contributed by atoms with Gasteiger partial charge in [0.1, 0.15) is 4.47 Å². The maximum Gasteiger partial charge on any atom is 0.283 e. The number of anilines is 1. The summed E-state index contributed by atoms with van der Waals surface area (Å²) in [7, 11) is 0. The third kappa shape index (κ3) is 5.49. The molecule has 118 valence electrons. The molecule has 0 radical (unpaired) electrons. The lowest BCUT2D eigenvalue weighted by atomic mass is 10.1. The number of amides is 1. The molecule has 0 unspecified atom stereocenters. The fourth-order valence-corrected chi connectivity index (χ4v) is 2.15. The van der Waals surface area contributed by atoms with Crippen LogP contribution >= 0.6 is 15.9 Å². The lowest BCUT2D eigenvalue weighted by Crippen LogP contribution is -2.41. The highest BCUT2D eigenvalue weighted by Crippen LogP contribution is 2.17. The van der Waals surface area contributed by atoms with Gasteiger partial charge < -0.3 is 10.6 Å². The van der Waals surface area contributed by atoms with E-state index in [0.29, 0.717) is 23.1 Å². The Kier molecular flexibility index (Phi) is 5.95. The number of nitrogens with zero attached hydrogens (tertiary/aromatic N) is 2. The summed E-state index contributed by atoms with van der Waals surface area (Å²) >= 11 is 3.28. The highest BCUT2D eigenvalue weighted by Gasteiger charge is 2.14. The van der Waals surface area contributed by atoms with Gasteiger partial charge >= 0.3 is 0 Å². The summed E-state index contributed by atoms with van der Waals surface area (Å²) in [5.74, 6) is -0.0328. The van der Waals surface area contributed by atoms with Gasteiger partial charge in [-0.2, -0.15) is 5.10 Å². The van der Waals surface area contributed by atoms with Crippen molar-refractivity contribution in [3.8, 4) is 0 Å². The number of hydrogen-bond donors (Lipinski definition) is 2. The largest absolute Gasteiger partial charge is 0.382 e. The average molecular weight is 359 g/mol. The van der Waals surface area contributed by atoms with Crippen LogP contribution in [0.2, 0.25) is 0 Å². The zero-order chi connectivity index (χ0) is 16.2. The summed E-state index contributed by atoms with van der Waals surface area (Å²) in [6.07, 6.45) is 1.92. The minimum Gasteiger partial charge on any atom is -0.382 e. The van der Waals surface area contributed by atoms with Gasteiger partial charge in [0.05, 0.1) is 17.9 Å². The highest BCUT2D eigenvalue weighted by atomic mass is 79.9. The molecule has 0 spiro atoms. The van der Waals surface area contributed by atoms with Gasteiger partial charge in [-0.15, -0.1) is 0 Å². The zero-order valence-corrected chi connectivity index (χ0v) is 14.7. The Balaban J connectivity index is 2.63. The van der Waals surface area contributed by atoms with Crippen LogP contribution in [-0.4, -0.2) is 27.8 Å². The molecular formula is C14H23BrN4O2. The first-order valence-electron chi connectivity index (χ1n) is 6.94. The quantitative estimate of drug-likeness (QED) is 0.846. The Labute approximate surface area is 133 Å². The minimum absolute atomic E-state index is 0.000383. The van der Waals surface area contributed by atoms with E-state index < -0.39 is 0 Å². The maximum absolute atomic E-state index is 12.0. The van der Waals surface area contributed by atoms with E-state index in [-0.39, 0.29) is 23.0 Å². The van der Waals surface area contributed by atoms with Crippen molar-refractivity contribution in [2.45, 2.75) is 52.6 Å². The number of halogens is 1. The molecule has 0 aliphatic carbocycles. The molecule has 0 saturated carbocycles. The third-order valence-corrected chi connectivity index (χ3v) is 3.38. The number of aromatic nitrogens is 2. The summed E-state index contributed by atoms with van der Waals surface area (Å²) in [6, 6.07) is 0.000383. The molecule has 0 fully saturated rings. The zero-order valence-electron chi connectivity index (χ0n) is 13.2. The van der Waals surface area contributed by atoms with E-state index in [1.54, 1.807) is 6.20 Å². The molecule has 0 saturated heterocycles. The molecular weight excluding hydrogens is 336 g/mol. The van der Waals surface area contributed by atoms with Crippen molar-refractivity contribution in [2.75, 3.05) is 11.9 Å². The van der Waals surface area contributed by atoms with E-state index in [1.165, 1.54) is 4.68 Å².